The molecule has 6 heteroatoms. The third kappa shape index (κ3) is 4.21. The number of nitrogens with zero attached hydrogens (tertiary/aromatic N) is 4. The Labute approximate surface area is 179 Å². The predicted molar refractivity (Wildman–Crippen MR) is 122 cm³/mol. The lowest BCUT2D eigenvalue weighted by Gasteiger charge is -2.34. The summed E-state index contributed by atoms with van der Waals surface area (Å²) in [5.74, 6) is 0. The number of hydrogen-bond donors (Lipinski definition) is 0. The minimum Gasteiger partial charge on any atom is -0.297 e. The summed E-state index contributed by atoms with van der Waals surface area (Å²) in [6, 6.07) is 21.1. The van der Waals surface area contributed by atoms with Crippen LogP contribution in [0, 0.1) is 0 Å². The molecule has 0 amide bonds. The van der Waals surface area contributed by atoms with Crippen LogP contribution in [0.1, 0.15) is 11.3 Å². The normalized spacial score (nSPS) is 15.6. The molecule has 0 unspecified atom stereocenters. The van der Waals surface area contributed by atoms with Crippen LogP contribution in [-0.4, -0.2) is 45.4 Å². The molecule has 1 saturated heterocycles. The lowest BCUT2D eigenvalue weighted by Crippen LogP contribution is -2.45. The summed E-state index contributed by atoms with van der Waals surface area (Å²) >= 11 is 1.50. The van der Waals surface area contributed by atoms with E-state index in [2.05, 4.69) is 63.3 Å². The van der Waals surface area contributed by atoms with E-state index < -0.39 is 0 Å². The molecule has 2 aromatic carbocycles. The second-order valence-corrected chi connectivity index (χ2v) is 8.63. The molecule has 5 nitrogen and oxygen atoms in total. The van der Waals surface area contributed by atoms with Crippen LogP contribution < -0.4 is 5.56 Å². The summed E-state index contributed by atoms with van der Waals surface area (Å²) in [6.07, 6.45) is 1.78. The van der Waals surface area contributed by atoms with Gasteiger partial charge in [0.25, 0.3) is 5.56 Å². The van der Waals surface area contributed by atoms with Crippen LogP contribution in [0.3, 0.4) is 0 Å². The molecule has 4 aromatic rings. The van der Waals surface area contributed by atoms with Crippen molar-refractivity contribution in [1.82, 2.24) is 19.2 Å². The Morgan fingerprint density at radius 2 is 1.50 bits per heavy atom. The maximum absolute atomic E-state index is 12.2. The highest BCUT2D eigenvalue weighted by Gasteiger charge is 2.18. The zero-order valence-corrected chi connectivity index (χ0v) is 17.6. The molecule has 1 aliphatic rings. The van der Waals surface area contributed by atoms with Gasteiger partial charge in [-0.2, -0.15) is 0 Å². The molecule has 1 fully saturated rings. The Hall–Kier alpha value is -2.80. The third-order valence-corrected chi connectivity index (χ3v) is 6.43. The lowest BCUT2D eigenvalue weighted by molar-refractivity contribution is 0.121. The second kappa shape index (κ2) is 8.52. The molecule has 30 heavy (non-hydrogen) atoms. The van der Waals surface area contributed by atoms with Gasteiger partial charge in [-0.1, -0.05) is 54.6 Å². The van der Waals surface area contributed by atoms with Gasteiger partial charge in [0.15, 0.2) is 4.96 Å². The highest BCUT2D eigenvalue weighted by atomic mass is 32.1. The van der Waals surface area contributed by atoms with Gasteiger partial charge in [-0.25, -0.2) is 4.98 Å². The Kier molecular flexibility index (Phi) is 5.45. The van der Waals surface area contributed by atoms with E-state index in [-0.39, 0.29) is 5.56 Å². The molecular weight excluding hydrogens is 392 g/mol. The lowest BCUT2D eigenvalue weighted by atomic mass is 10.0. The number of thiazole rings is 1. The zero-order valence-electron chi connectivity index (χ0n) is 16.8. The van der Waals surface area contributed by atoms with Crippen molar-refractivity contribution < 1.29 is 0 Å². The molecule has 0 atom stereocenters. The summed E-state index contributed by atoms with van der Waals surface area (Å²) in [6.45, 7) is 5.76. The molecule has 1 aliphatic heterocycles. The van der Waals surface area contributed by atoms with Crippen molar-refractivity contribution in [3.8, 4) is 11.1 Å². The number of hydrogen-bond acceptors (Lipinski definition) is 5. The van der Waals surface area contributed by atoms with Gasteiger partial charge in [0, 0.05) is 56.9 Å². The van der Waals surface area contributed by atoms with Crippen molar-refractivity contribution >= 4 is 16.3 Å². The number of fused-ring (bicyclic) bond motifs is 1. The van der Waals surface area contributed by atoms with Gasteiger partial charge in [-0.05, 0) is 16.7 Å². The van der Waals surface area contributed by atoms with E-state index in [0.717, 1.165) is 49.9 Å². The number of piperazine rings is 1. The minimum atomic E-state index is 0.00818. The van der Waals surface area contributed by atoms with Crippen LogP contribution >= 0.6 is 11.3 Å². The van der Waals surface area contributed by atoms with Crippen molar-refractivity contribution in [3.63, 3.8) is 0 Å². The van der Waals surface area contributed by atoms with Crippen molar-refractivity contribution in [2.24, 2.45) is 0 Å². The van der Waals surface area contributed by atoms with Gasteiger partial charge in [-0.15, -0.1) is 11.3 Å². The quantitative estimate of drug-likeness (QED) is 0.497. The molecule has 0 aliphatic carbocycles. The number of rotatable bonds is 5. The molecule has 0 radical (unpaired) electrons. The first-order chi connectivity index (χ1) is 14.7. The van der Waals surface area contributed by atoms with Gasteiger partial charge in [0.1, 0.15) is 0 Å². The topological polar surface area (TPSA) is 40.9 Å². The Morgan fingerprint density at radius 3 is 2.23 bits per heavy atom. The monoisotopic (exact) mass is 416 g/mol. The molecular formula is C24H24N4OS. The first kappa shape index (κ1) is 19.2. The maximum Gasteiger partial charge on any atom is 0.258 e. The highest BCUT2D eigenvalue weighted by molar-refractivity contribution is 7.15. The third-order valence-electron chi connectivity index (χ3n) is 5.67. The first-order valence-electron chi connectivity index (χ1n) is 10.3. The molecule has 152 valence electrons. The average molecular weight is 417 g/mol. The summed E-state index contributed by atoms with van der Waals surface area (Å²) in [5, 5.41) is 1.90. The van der Waals surface area contributed by atoms with Crippen LogP contribution in [0.25, 0.3) is 16.1 Å². The van der Waals surface area contributed by atoms with Gasteiger partial charge in [0.2, 0.25) is 0 Å². The van der Waals surface area contributed by atoms with E-state index in [1.165, 1.54) is 28.0 Å². The van der Waals surface area contributed by atoms with Crippen LogP contribution in [0.2, 0.25) is 0 Å². The van der Waals surface area contributed by atoms with E-state index in [1.807, 2.05) is 11.4 Å². The summed E-state index contributed by atoms with van der Waals surface area (Å²) < 4.78 is 1.61. The summed E-state index contributed by atoms with van der Waals surface area (Å²) in [7, 11) is 0. The average Bonchev–Trinajstić information content (AvgIpc) is 3.26. The van der Waals surface area contributed by atoms with Crippen molar-refractivity contribution in [3.05, 3.63) is 93.9 Å². The fraction of sp³-hybridized carbons (Fsp3) is 0.250. The molecule has 0 saturated carbocycles. The fourth-order valence-electron chi connectivity index (χ4n) is 3.99. The largest absolute Gasteiger partial charge is 0.297 e. The Bertz CT molecular complexity index is 1180. The standard InChI is InChI=1S/C24H24N4OS/c29-23-16-22(25-24-28(23)14-15-30-24)18-27-12-10-26(11-13-27)17-19-6-8-21(9-7-19)20-4-2-1-3-5-20/h1-9,14-16H,10-13,17-18H2. The van der Waals surface area contributed by atoms with E-state index in [9.17, 15) is 4.79 Å². The predicted octanol–water partition coefficient (Wildman–Crippen LogP) is 3.74. The molecule has 0 bridgehead atoms. The van der Waals surface area contributed by atoms with Gasteiger partial charge >= 0.3 is 0 Å². The molecule has 2 aromatic heterocycles. The van der Waals surface area contributed by atoms with Gasteiger partial charge in [0.05, 0.1) is 5.69 Å². The molecule has 3 heterocycles. The van der Waals surface area contributed by atoms with E-state index in [0.29, 0.717) is 0 Å². The van der Waals surface area contributed by atoms with Gasteiger partial charge in [-0.3, -0.25) is 19.0 Å². The van der Waals surface area contributed by atoms with Crippen molar-refractivity contribution in [2.75, 3.05) is 26.2 Å². The van der Waals surface area contributed by atoms with Crippen LogP contribution in [0.15, 0.2) is 77.0 Å². The van der Waals surface area contributed by atoms with E-state index >= 15 is 0 Å². The fourth-order valence-corrected chi connectivity index (χ4v) is 4.73. The Morgan fingerprint density at radius 1 is 0.833 bits per heavy atom. The number of benzene rings is 2. The van der Waals surface area contributed by atoms with Crippen LogP contribution in [-0.2, 0) is 13.1 Å². The first-order valence-corrected chi connectivity index (χ1v) is 11.2. The van der Waals surface area contributed by atoms with Gasteiger partial charge < -0.3 is 0 Å². The minimum absolute atomic E-state index is 0.00818. The van der Waals surface area contributed by atoms with E-state index in [4.69, 9.17) is 0 Å². The summed E-state index contributed by atoms with van der Waals surface area (Å²) in [5.41, 5.74) is 4.74. The molecule has 0 N–H and O–H groups in total. The maximum atomic E-state index is 12.2. The SMILES string of the molecule is O=c1cc(CN2CCN(Cc3ccc(-c4ccccc4)cc3)CC2)nc2sccn12. The zero-order chi connectivity index (χ0) is 20.3. The molecule has 5 rings (SSSR count). The molecule has 0 spiro atoms. The smallest absolute Gasteiger partial charge is 0.258 e. The van der Waals surface area contributed by atoms with Crippen molar-refractivity contribution in [1.29, 1.82) is 0 Å². The van der Waals surface area contributed by atoms with Crippen molar-refractivity contribution in [2.45, 2.75) is 13.1 Å². The van der Waals surface area contributed by atoms with Crippen LogP contribution in [0.5, 0.6) is 0 Å². The second-order valence-electron chi connectivity index (χ2n) is 7.76. The highest BCUT2D eigenvalue weighted by Crippen LogP contribution is 2.20. The Balaban J connectivity index is 1.16. The summed E-state index contributed by atoms with van der Waals surface area (Å²) in [4.78, 5) is 22.5. The number of aromatic nitrogens is 2. The van der Waals surface area contributed by atoms with E-state index in [1.54, 1.807) is 16.7 Å². The van der Waals surface area contributed by atoms with Crippen LogP contribution in [0.4, 0.5) is 0 Å².